The lowest BCUT2D eigenvalue weighted by molar-refractivity contribution is 0.336. The number of nitrogens with zero attached hydrogens (tertiary/aromatic N) is 3. The van der Waals surface area contributed by atoms with Crippen LogP contribution in [0.25, 0.3) is 11.4 Å². The molecule has 8 heteroatoms. The summed E-state index contributed by atoms with van der Waals surface area (Å²) in [5.74, 6) is 0.976. The first-order valence-corrected chi connectivity index (χ1v) is 8.54. The molecule has 1 N–H and O–H groups in total. The molecule has 0 spiro atoms. The predicted molar refractivity (Wildman–Crippen MR) is 104 cm³/mol. The number of halogens is 2. The molecule has 3 aromatic rings. The van der Waals surface area contributed by atoms with Gasteiger partial charge in [-0.15, -0.1) is 0 Å². The minimum atomic E-state index is 0.389. The van der Waals surface area contributed by atoms with Crippen molar-refractivity contribution >= 4 is 46.2 Å². The van der Waals surface area contributed by atoms with Crippen LogP contribution in [0.4, 0.5) is 5.69 Å². The van der Waals surface area contributed by atoms with E-state index in [1.807, 2.05) is 36.2 Å². The molecule has 0 aliphatic heterocycles. The zero-order valence-corrected chi connectivity index (χ0v) is 15.6. The maximum Gasteiger partial charge on any atom is 0.246 e. The molecular formula is C17H14Cl2N4OS. The van der Waals surface area contributed by atoms with Gasteiger partial charge in [-0.2, -0.15) is 4.98 Å². The first-order valence-electron chi connectivity index (χ1n) is 7.37. The number of hydrogen-bond acceptors (Lipinski definition) is 4. The highest BCUT2D eigenvalue weighted by Crippen LogP contribution is 2.19. The van der Waals surface area contributed by atoms with Gasteiger partial charge >= 0.3 is 0 Å². The predicted octanol–water partition coefficient (Wildman–Crippen LogP) is 4.87. The maximum atomic E-state index is 5.88. The number of hydrogen-bond donors (Lipinski definition) is 1. The van der Waals surface area contributed by atoms with Crippen LogP contribution < -0.4 is 5.32 Å². The Morgan fingerprint density at radius 2 is 1.68 bits per heavy atom. The number of benzene rings is 2. The summed E-state index contributed by atoms with van der Waals surface area (Å²) >= 11 is 17.1. The van der Waals surface area contributed by atoms with Gasteiger partial charge in [0.2, 0.25) is 11.7 Å². The largest absolute Gasteiger partial charge is 0.343 e. The Kier molecular flexibility index (Phi) is 5.53. The van der Waals surface area contributed by atoms with Crippen LogP contribution in [-0.2, 0) is 6.54 Å². The van der Waals surface area contributed by atoms with Gasteiger partial charge in [-0.3, -0.25) is 0 Å². The zero-order valence-electron chi connectivity index (χ0n) is 13.2. The zero-order chi connectivity index (χ0) is 17.8. The molecule has 0 fully saturated rings. The van der Waals surface area contributed by atoms with Crippen molar-refractivity contribution in [2.75, 3.05) is 12.4 Å². The van der Waals surface area contributed by atoms with E-state index in [4.69, 9.17) is 39.9 Å². The summed E-state index contributed by atoms with van der Waals surface area (Å²) < 4.78 is 5.30. The fraction of sp³-hybridized carbons (Fsp3) is 0.118. The van der Waals surface area contributed by atoms with Crippen molar-refractivity contribution in [3.8, 4) is 11.4 Å². The van der Waals surface area contributed by atoms with E-state index in [9.17, 15) is 0 Å². The van der Waals surface area contributed by atoms with Crippen LogP contribution in [0.1, 0.15) is 5.89 Å². The van der Waals surface area contributed by atoms with Crippen LogP contribution in [0, 0.1) is 0 Å². The highest BCUT2D eigenvalue weighted by Gasteiger charge is 2.13. The first-order chi connectivity index (χ1) is 12.0. The number of thiocarbonyl (C=S) groups is 1. The highest BCUT2D eigenvalue weighted by atomic mass is 35.5. The van der Waals surface area contributed by atoms with Gasteiger partial charge < -0.3 is 14.7 Å². The lowest BCUT2D eigenvalue weighted by atomic mass is 10.2. The van der Waals surface area contributed by atoms with Crippen molar-refractivity contribution in [1.82, 2.24) is 15.0 Å². The van der Waals surface area contributed by atoms with Gasteiger partial charge in [0.15, 0.2) is 5.11 Å². The van der Waals surface area contributed by atoms with Crippen LogP contribution in [0.2, 0.25) is 10.0 Å². The van der Waals surface area contributed by atoms with Crippen LogP contribution in [0.5, 0.6) is 0 Å². The third kappa shape index (κ3) is 4.69. The van der Waals surface area contributed by atoms with Gasteiger partial charge in [0.05, 0.1) is 6.54 Å². The molecule has 0 atom stereocenters. The Labute approximate surface area is 160 Å². The average Bonchev–Trinajstić information content (AvgIpc) is 3.06. The number of rotatable bonds is 4. The van der Waals surface area contributed by atoms with E-state index in [2.05, 4.69) is 15.5 Å². The van der Waals surface area contributed by atoms with E-state index in [1.165, 1.54) is 0 Å². The number of aromatic nitrogens is 2. The van der Waals surface area contributed by atoms with E-state index in [-0.39, 0.29) is 0 Å². The summed E-state index contributed by atoms with van der Waals surface area (Å²) in [6.45, 7) is 0.389. The van der Waals surface area contributed by atoms with Crippen molar-refractivity contribution in [3.05, 3.63) is 64.5 Å². The normalized spacial score (nSPS) is 10.5. The minimum absolute atomic E-state index is 0.389. The Morgan fingerprint density at radius 1 is 1.08 bits per heavy atom. The van der Waals surface area contributed by atoms with Gasteiger partial charge in [-0.05, 0) is 60.7 Å². The molecule has 0 saturated heterocycles. The number of nitrogens with one attached hydrogen (secondary N) is 1. The Hall–Kier alpha value is -2.15. The summed E-state index contributed by atoms with van der Waals surface area (Å²) in [5.41, 5.74) is 1.69. The van der Waals surface area contributed by atoms with Crippen molar-refractivity contribution in [1.29, 1.82) is 0 Å². The fourth-order valence-corrected chi connectivity index (χ4v) is 2.50. The quantitative estimate of drug-likeness (QED) is 0.638. The molecule has 1 heterocycles. The van der Waals surface area contributed by atoms with Gasteiger partial charge in [0.1, 0.15) is 0 Å². The maximum absolute atomic E-state index is 5.88. The Balaban J connectivity index is 1.62. The van der Waals surface area contributed by atoms with Crippen molar-refractivity contribution in [3.63, 3.8) is 0 Å². The van der Waals surface area contributed by atoms with Crippen LogP contribution >= 0.6 is 35.4 Å². The Bertz CT molecular complexity index is 865. The molecule has 3 rings (SSSR count). The van der Waals surface area contributed by atoms with E-state index < -0.39 is 0 Å². The second-order valence-corrected chi connectivity index (χ2v) is 6.57. The molecule has 0 aliphatic rings. The van der Waals surface area contributed by atoms with E-state index >= 15 is 0 Å². The summed E-state index contributed by atoms with van der Waals surface area (Å²) in [6, 6.07) is 14.5. The van der Waals surface area contributed by atoms with Crippen molar-refractivity contribution in [2.24, 2.45) is 0 Å². The van der Waals surface area contributed by atoms with E-state index in [0.717, 1.165) is 11.3 Å². The highest BCUT2D eigenvalue weighted by molar-refractivity contribution is 7.80. The molecule has 0 radical (unpaired) electrons. The molecule has 25 heavy (non-hydrogen) atoms. The molecule has 128 valence electrons. The summed E-state index contributed by atoms with van der Waals surface area (Å²) in [5, 5.41) is 8.98. The van der Waals surface area contributed by atoms with Gasteiger partial charge in [0, 0.05) is 28.3 Å². The van der Waals surface area contributed by atoms with Gasteiger partial charge in [-0.1, -0.05) is 28.4 Å². The molecular weight excluding hydrogens is 379 g/mol. The first kappa shape index (κ1) is 17.7. The summed E-state index contributed by atoms with van der Waals surface area (Å²) in [6.07, 6.45) is 0. The van der Waals surface area contributed by atoms with Crippen molar-refractivity contribution in [2.45, 2.75) is 6.54 Å². The third-order valence-corrected chi connectivity index (χ3v) is 4.30. The van der Waals surface area contributed by atoms with Crippen LogP contribution in [0.3, 0.4) is 0 Å². The van der Waals surface area contributed by atoms with Crippen LogP contribution in [0.15, 0.2) is 53.1 Å². The molecule has 2 aromatic carbocycles. The third-order valence-electron chi connectivity index (χ3n) is 3.39. The van der Waals surface area contributed by atoms with E-state index in [1.54, 1.807) is 24.3 Å². The second kappa shape index (κ2) is 7.82. The van der Waals surface area contributed by atoms with Gasteiger partial charge in [-0.25, -0.2) is 0 Å². The van der Waals surface area contributed by atoms with Gasteiger partial charge in [0.25, 0.3) is 0 Å². The van der Waals surface area contributed by atoms with E-state index in [0.29, 0.717) is 33.4 Å². The lowest BCUT2D eigenvalue weighted by Crippen LogP contribution is -2.30. The van der Waals surface area contributed by atoms with Crippen molar-refractivity contribution < 1.29 is 4.52 Å². The SMILES string of the molecule is CN(Cc1nc(-c2ccc(Cl)cc2)no1)C(=S)Nc1ccc(Cl)cc1. The second-order valence-electron chi connectivity index (χ2n) is 5.31. The molecule has 0 saturated carbocycles. The fourth-order valence-electron chi connectivity index (χ4n) is 2.06. The monoisotopic (exact) mass is 392 g/mol. The molecule has 0 aliphatic carbocycles. The molecule has 5 nitrogen and oxygen atoms in total. The smallest absolute Gasteiger partial charge is 0.246 e. The summed E-state index contributed by atoms with van der Waals surface area (Å²) in [7, 11) is 1.84. The topological polar surface area (TPSA) is 54.2 Å². The van der Waals surface area contributed by atoms with Crippen LogP contribution in [-0.4, -0.2) is 27.2 Å². The standard InChI is InChI=1S/C17H14Cl2N4OS/c1-23(17(25)20-14-8-6-13(19)7-9-14)10-15-21-16(22-24-15)11-2-4-12(18)5-3-11/h2-9H,10H2,1H3,(H,20,25). The lowest BCUT2D eigenvalue weighted by Gasteiger charge is -2.19. The molecule has 1 aromatic heterocycles. The molecule has 0 bridgehead atoms. The average molecular weight is 393 g/mol. The number of anilines is 1. The summed E-state index contributed by atoms with van der Waals surface area (Å²) in [4.78, 5) is 6.19. The molecule has 0 amide bonds. The molecule has 0 unspecified atom stereocenters. The minimum Gasteiger partial charge on any atom is -0.343 e. The Morgan fingerprint density at radius 3 is 2.32 bits per heavy atom.